The summed E-state index contributed by atoms with van der Waals surface area (Å²) in [7, 11) is 1.84. The van der Waals surface area contributed by atoms with Crippen LogP contribution >= 0.6 is 0 Å². The first-order valence-electron chi connectivity index (χ1n) is 8.88. The monoisotopic (exact) mass is 331 g/mol. The Morgan fingerprint density at radius 1 is 1.17 bits per heavy atom. The summed E-state index contributed by atoms with van der Waals surface area (Å²) >= 11 is 0. The SMILES string of the molecule is CN(C(=O)c1cc([N+](=O)[O-])ccc1N1CCCC1)C1CCCCC1. The molecule has 6 nitrogen and oxygen atoms in total. The first-order chi connectivity index (χ1) is 11.6. The predicted molar refractivity (Wildman–Crippen MR) is 93.5 cm³/mol. The van der Waals surface area contributed by atoms with Gasteiger partial charge in [0.05, 0.1) is 16.2 Å². The number of anilines is 1. The molecular weight excluding hydrogens is 306 g/mol. The maximum Gasteiger partial charge on any atom is 0.270 e. The number of rotatable bonds is 4. The summed E-state index contributed by atoms with van der Waals surface area (Å²) in [6.07, 6.45) is 7.78. The van der Waals surface area contributed by atoms with Crippen molar-refractivity contribution in [1.29, 1.82) is 0 Å². The number of amides is 1. The van der Waals surface area contributed by atoms with Gasteiger partial charge >= 0.3 is 0 Å². The van der Waals surface area contributed by atoms with Gasteiger partial charge in [-0.25, -0.2) is 0 Å². The normalized spacial score (nSPS) is 18.6. The lowest BCUT2D eigenvalue weighted by Crippen LogP contribution is -2.39. The number of nitro groups is 1. The summed E-state index contributed by atoms with van der Waals surface area (Å²) < 4.78 is 0. The third-order valence-corrected chi connectivity index (χ3v) is 5.31. The van der Waals surface area contributed by atoms with Crippen LogP contribution in [-0.4, -0.2) is 41.9 Å². The summed E-state index contributed by atoms with van der Waals surface area (Å²) in [4.78, 5) is 27.8. The number of nitro benzene ring substituents is 1. The highest BCUT2D eigenvalue weighted by Crippen LogP contribution is 2.31. The molecule has 3 rings (SSSR count). The molecule has 24 heavy (non-hydrogen) atoms. The first-order valence-corrected chi connectivity index (χ1v) is 8.88. The molecule has 0 radical (unpaired) electrons. The van der Waals surface area contributed by atoms with Gasteiger partial charge in [-0.15, -0.1) is 0 Å². The van der Waals surface area contributed by atoms with Gasteiger partial charge in [-0.2, -0.15) is 0 Å². The standard InChI is InChI=1S/C18H25N3O3/c1-19(14-7-3-2-4-8-14)18(22)16-13-15(21(23)24)9-10-17(16)20-11-5-6-12-20/h9-10,13-14H,2-8,11-12H2,1H3. The second-order valence-electron chi connectivity index (χ2n) is 6.86. The number of nitrogens with zero attached hydrogens (tertiary/aromatic N) is 3. The molecule has 6 heteroatoms. The molecule has 0 unspecified atom stereocenters. The fraction of sp³-hybridized carbons (Fsp3) is 0.611. The van der Waals surface area contributed by atoms with E-state index in [4.69, 9.17) is 0 Å². The van der Waals surface area contributed by atoms with Crippen LogP contribution in [0.1, 0.15) is 55.3 Å². The number of benzene rings is 1. The van der Waals surface area contributed by atoms with Crippen LogP contribution in [0.3, 0.4) is 0 Å². The number of carbonyl (C=O) groups is 1. The molecular formula is C18H25N3O3. The number of hydrogen-bond donors (Lipinski definition) is 0. The van der Waals surface area contributed by atoms with Gasteiger partial charge in [-0.3, -0.25) is 14.9 Å². The molecule has 1 saturated heterocycles. The van der Waals surface area contributed by atoms with Crippen LogP contribution < -0.4 is 4.90 Å². The van der Waals surface area contributed by atoms with Crippen LogP contribution in [0.15, 0.2) is 18.2 Å². The van der Waals surface area contributed by atoms with E-state index < -0.39 is 4.92 Å². The zero-order valence-corrected chi connectivity index (χ0v) is 14.2. The third-order valence-electron chi connectivity index (χ3n) is 5.31. The van der Waals surface area contributed by atoms with Crippen LogP contribution in [0.25, 0.3) is 0 Å². The molecule has 130 valence electrons. The average Bonchev–Trinajstić information content (AvgIpc) is 3.15. The molecule has 1 aliphatic heterocycles. The minimum absolute atomic E-state index is 0.0154. The Kier molecular flexibility index (Phi) is 5.02. The molecule has 0 atom stereocenters. The molecule has 1 heterocycles. The van der Waals surface area contributed by atoms with Gasteiger partial charge in [0.2, 0.25) is 0 Å². The van der Waals surface area contributed by atoms with Gasteiger partial charge < -0.3 is 9.80 Å². The van der Waals surface area contributed by atoms with Crippen molar-refractivity contribution in [2.24, 2.45) is 0 Å². The van der Waals surface area contributed by atoms with E-state index in [1.54, 1.807) is 11.0 Å². The van der Waals surface area contributed by atoms with Crippen molar-refractivity contribution in [3.63, 3.8) is 0 Å². The van der Waals surface area contributed by atoms with Crippen molar-refractivity contribution >= 4 is 17.3 Å². The molecule has 1 aromatic rings. The number of non-ortho nitro benzene ring substituents is 1. The fourth-order valence-corrected chi connectivity index (χ4v) is 3.87. The van der Waals surface area contributed by atoms with E-state index in [-0.39, 0.29) is 17.6 Å². The maximum absolute atomic E-state index is 13.1. The molecule has 0 N–H and O–H groups in total. The van der Waals surface area contributed by atoms with Gasteiger partial charge in [-0.05, 0) is 31.7 Å². The molecule has 1 aliphatic carbocycles. The second-order valence-corrected chi connectivity index (χ2v) is 6.86. The molecule has 1 aromatic carbocycles. The molecule has 0 spiro atoms. The summed E-state index contributed by atoms with van der Waals surface area (Å²) in [6, 6.07) is 4.95. The molecule has 1 saturated carbocycles. The Labute approximate surface area is 142 Å². The highest BCUT2D eigenvalue weighted by Gasteiger charge is 2.28. The highest BCUT2D eigenvalue weighted by atomic mass is 16.6. The van der Waals surface area contributed by atoms with Gasteiger partial charge in [0.15, 0.2) is 0 Å². The Balaban J connectivity index is 1.91. The highest BCUT2D eigenvalue weighted by molar-refractivity contribution is 6.00. The van der Waals surface area contributed by atoms with Gasteiger partial charge in [0, 0.05) is 38.3 Å². The maximum atomic E-state index is 13.1. The van der Waals surface area contributed by atoms with E-state index in [9.17, 15) is 14.9 Å². The van der Waals surface area contributed by atoms with Gasteiger partial charge in [-0.1, -0.05) is 19.3 Å². The first kappa shape index (κ1) is 16.7. The van der Waals surface area contributed by atoms with E-state index in [0.29, 0.717) is 5.56 Å². The van der Waals surface area contributed by atoms with Crippen molar-refractivity contribution in [1.82, 2.24) is 4.90 Å². The van der Waals surface area contributed by atoms with Crippen molar-refractivity contribution in [2.75, 3.05) is 25.0 Å². The molecule has 1 amide bonds. The van der Waals surface area contributed by atoms with Gasteiger partial charge in [0.1, 0.15) is 0 Å². The third kappa shape index (κ3) is 3.37. The topological polar surface area (TPSA) is 66.7 Å². The average molecular weight is 331 g/mol. The van der Waals surface area contributed by atoms with Crippen LogP contribution in [0.4, 0.5) is 11.4 Å². The van der Waals surface area contributed by atoms with E-state index >= 15 is 0 Å². The molecule has 2 aliphatic rings. The zero-order valence-electron chi connectivity index (χ0n) is 14.2. The van der Waals surface area contributed by atoms with Crippen molar-refractivity contribution < 1.29 is 9.72 Å². The fourth-order valence-electron chi connectivity index (χ4n) is 3.87. The van der Waals surface area contributed by atoms with E-state index in [1.807, 2.05) is 7.05 Å². The van der Waals surface area contributed by atoms with Crippen molar-refractivity contribution in [3.05, 3.63) is 33.9 Å². The largest absolute Gasteiger partial charge is 0.371 e. The number of hydrogen-bond acceptors (Lipinski definition) is 4. The summed E-state index contributed by atoms with van der Waals surface area (Å²) in [5.74, 6) is -0.0903. The Bertz CT molecular complexity index is 620. The van der Waals surface area contributed by atoms with Gasteiger partial charge in [0.25, 0.3) is 11.6 Å². The Morgan fingerprint density at radius 2 is 1.83 bits per heavy atom. The van der Waals surface area contributed by atoms with Crippen molar-refractivity contribution in [2.45, 2.75) is 51.0 Å². The lowest BCUT2D eigenvalue weighted by Gasteiger charge is -2.32. The lowest BCUT2D eigenvalue weighted by atomic mass is 9.94. The van der Waals surface area contributed by atoms with Crippen LogP contribution in [0, 0.1) is 10.1 Å². The minimum atomic E-state index is -0.425. The quantitative estimate of drug-likeness (QED) is 0.624. The summed E-state index contributed by atoms with van der Waals surface area (Å²) in [5.41, 5.74) is 1.29. The van der Waals surface area contributed by atoms with Crippen LogP contribution in [0.2, 0.25) is 0 Å². The Morgan fingerprint density at radius 3 is 2.46 bits per heavy atom. The molecule has 0 aromatic heterocycles. The molecule has 0 bridgehead atoms. The minimum Gasteiger partial charge on any atom is -0.371 e. The van der Waals surface area contributed by atoms with Crippen LogP contribution in [0.5, 0.6) is 0 Å². The summed E-state index contributed by atoms with van der Waals surface area (Å²) in [5, 5.41) is 11.1. The lowest BCUT2D eigenvalue weighted by molar-refractivity contribution is -0.384. The van der Waals surface area contributed by atoms with E-state index in [1.165, 1.54) is 18.6 Å². The van der Waals surface area contributed by atoms with E-state index in [2.05, 4.69) is 4.90 Å². The second kappa shape index (κ2) is 7.20. The van der Waals surface area contributed by atoms with Crippen LogP contribution in [-0.2, 0) is 0 Å². The smallest absolute Gasteiger partial charge is 0.270 e. The number of carbonyl (C=O) groups excluding carboxylic acids is 1. The summed E-state index contributed by atoms with van der Waals surface area (Å²) in [6.45, 7) is 1.82. The van der Waals surface area contributed by atoms with Crippen molar-refractivity contribution in [3.8, 4) is 0 Å². The van der Waals surface area contributed by atoms with E-state index in [0.717, 1.165) is 57.3 Å². The zero-order chi connectivity index (χ0) is 17.1. The predicted octanol–water partition coefficient (Wildman–Crippen LogP) is 3.60. The Hall–Kier alpha value is -2.11. The molecule has 2 fully saturated rings.